The van der Waals surface area contributed by atoms with Crippen molar-refractivity contribution in [3.05, 3.63) is 28.4 Å². The largest absolute Gasteiger partial charge is 0.394 e. The van der Waals surface area contributed by atoms with Crippen molar-refractivity contribution in [1.82, 2.24) is 9.97 Å². The fourth-order valence-corrected chi connectivity index (χ4v) is 1.65. The fraction of sp³-hybridized carbons (Fsp3) is 0.556. The molecule has 7 nitrogen and oxygen atoms in total. The van der Waals surface area contributed by atoms with E-state index in [0.717, 1.165) is 6.20 Å². The summed E-state index contributed by atoms with van der Waals surface area (Å²) < 4.78 is 5.23. The molecular weight excluding hydrogens is 216 g/mol. The quantitative estimate of drug-likeness (QED) is 0.462. The lowest BCUT2D eigenvalue weighted by Gasteiger charge is -2.12. The number of aromatic nitrogens is 2. The number of hydrogen-bond donors (Lipinski definition) is 4. The van der Waals surface area contributed by atoms with Crippen LogP contribution in [0.25, 0.3) is 0 Å². The minimum atomic E-state index is -1.17. The topological polar surface area (TPSA) is 116 Å². The number of nitrogens with one attached hydrogen (secondary N) is 1. The first-order valence-corrected chi connectivity index (χ1v) is 4.80. The van der Waals surface area contributed by atoms with E-state index in [2.05, 4.69) is 9.97 Å². The molecule has 1 aromatic heterocycles. The summed E-state index contributed by atoms with van der Waals surface area (Å²) in [4.78, 5) is 17.0. The van der Waals surface area contributed by atoms with Gasteiger partial charge in [0, 0.05) is 6.20 Å². The molecule has 16 heavy (non-hydrogen) atoms. The molecule has 0 aromatic carbocycles. The van der Waals surface area contributed by atoms with Gasteiger partial charge in [0.25, 0.3) is 5.56 Å². The van der Waals surface area contributed by atoms with Gasteiger partial charge < -0.3 is 25.0 Å². The maximum absolute atomic E-state index is 10.8. The number of aliphatic hydroxyl groups is 3. The second-order valence-electron chi connectivity index (χ2n) is 3.59. The molecule has 0 spiro atoms. The second kappa shape index (κ2) is 4.30. The lowest BCUT2D eigenvalue weighted by Crippen LogP contribution is -2.32. The molecule has 88 valence electrons. The van der Waals surface area contributed by atoms with Crippen molar-refractivity contribution in [2.24, 2.45) is 0 Å². The van der Waals surface area contributed by atoms with Crippen molar-refractivity contribution in [2.45, 2.75) is 24.4 Å². The van der Waals surface area contributed by atoms with Gasteiger partial charge in [0.15, 0.2) is 0 Å². The van der Waals surface area contributed by atoms with E-state index in [-0.39, 0.29) is 5.56 Å². The van der Waals surface area contributed by atoms with Crippen LogP contribution in [0.1, 0.15) is 11.8 Å². The number of hydrogen-bond acceptors (Lipinski definition) is 6. The van der Waals surface area contributed by atoms with E-state index in [1.165, 1.54) is 6.20 Å². The molecule has 1 aliphatic rings. The van der Waals surface area contributed by atoms with Gasteiger partial charge in [-0.1, -0.05) is 0 Å². The minimum absolute atomic E-state index is 0.308. The maximum Gasteiger partial charge on any atom is 0.266 e. The SMILES string of the molecule is O=c1cnc(C2OC(CO)C(O)C2O)c[nH]1. The summed E-state index contributed by atoms with van der Waals surface area (Å²) in [7, 11) is 0. The normalized spacial score (nSPS) is 34.2. The molecule has 1 aliphatic heterocycles. The van der Waals surface area contributed by atoms with Crippen molar-refractivity contribution >= 4 is 0 Å². The zero-order chi connectivity index (χ0) is 11.7. The third-order valence-corrected chi connectivity index (χ3v) is 2.53. The predicted molar refractivity (Wildman–Crippen MR) is 51.6 cm³/mol. The molecule has 0 aliphatic carbocycles. The van der Waals surface area contributed by atoms with Crippen LogP contribution in [-0.4, -0.2) is 50.2 Å². The molecule has 2 heterocycles. The van der Waals surface area contributed by atoms with Crippen LogP contribution in [0, 0.1) is 0 Å². The van der Waals surface area contributed by atoms with Crippen LogP contribution in [0.5, 0.6) is 0 Å². The molecule has 1 saturated heterocycles. The van der Waals surface area contributed by atoms with Gasteiger partial charge in [0.05, 0.1) is 18.5 Å². The highest BCUT2D eigenvalue weighted by Crippen LogP contribution is 2.31. The summed E-state index contributed by atoms with van der Waals surface area (Å²) in [5.41, 5.74) is -0.0578. The monoisotopic (exact) mass is 228 g/mol. The summed E-state index contributed by atoms with van der Waals surface area (Å²) in [6, 6.07) is 0. The van der Waals surface area contributed by atoms with E-state index >= 15 is 0 Å². The number of ether oxygens (including phenoxy) is 1. The van der Waals surface area contributed by atoms with E-state index in [4.69, 9.17) is 9.84 Å². The first-order valence-electron chi connectivity index (χ1n) is 4.80. The first-order chi connectivity index (χ1) is 7.63. The summed E-state index contributed by atoms with van der Waals surface area (Å²) >= 11 is 0. The molecule has 0 amide bonds. The molecule has 4 atom stereocenters. The summed E-state index contributed by atoms with van der Waals surface area (Å²) in [6.07, 6.45) is -1.65. The van der Waals surface area contributed by atoms with E-state index in [1.807, 2.05) is 0 Å². The average molecular weight is 228 g/mol. The number of H-pyrrole nitrogens is 1. The van der Waals surface area contributed by atoms with Crippen molar-refractivity contribution in [3.63, 3.8) is 0 Å². The predicted octanol–water partition coefficient (Wildman–Crippen LogP) is -2.08. The van der Waals surface area contributed by atoms with Gasteiger partial charge in [-0.25, -0.2) is 0 Å². The lowest BCUT2D eigenvalue weighted by molar-refractivity contribution is -0.0240. The van der Waals surface area contributed by atoms with Gasteiger partial charge >= 0.3 is 0 Å². The highest BCUT2D eigenvalue weighted by molar-refractivity contribution is 5.07. The van der Waals surface area contributed by atoms with Crippen molar-refractivity contribution in [1.29, 1.82) is 0 Å². The van der Waals surface area contributed by atoms with Gasteiger partial charge in [-0.05, 0) is 0 Å². The molecule has 1 fully saturated rings. The molecule has 0 radical (unpaired) electrons. The van der Waals surface area contributed by atoms with Crippen LogP contribution in [0.3, 0.4) is 0 Å². The molecule has 2 rings (SSSR count). The summed E-state index contributed by atoms with van der Waals surface area (Å²) in [6.45, 7) is -0.391. The maximum atomic E-state index is 10.8. The highest BCUT2D eigenvalue weighted by Gasteiger charge is 2.43. The van der Waals surface area contributed by atoms with Gasteiger partial charge in [0.1, 0.15) is 24.4 Å². The Morgan fingerprint density at radius 2 is 2.19 bits per heavy atom. The zero-order valence-corrected chi connectivity index (χ0v) is 8.28. The summed E-state index contributed by atoms with van der Waals surface area (Å²) in [5, 5.41) is 28.1. The standard InChI is InChI=1S/C9H12N2O5/c12-3-5-7(14)8(15)9(16-5)4-1-11-6(13)2-10-4/h1-2,5,7-9,12,14-15H,3H2,(H,11,13). The molecule has 1 aromatic rings. The van der Waals surface area contributed by atoms with Gasteiger partial charge in [0.2, 0.25) is 0 Å². The molecular formula is C9H12N2O5. The Labute approximate surface area is 90.3 Å². The Kier molecular flexibility index (Phi) is 3.01. The number of aromatic amines is 1. The van der Waals surface area contributed by atoms with Gasteiger partial charge in [-0.2, -0.15) is 0 Å². The van der Waals surface area contributed by atoms with Gasteiger partial charge in [-0.3, -0.25) is 9.78 Å². The average Bonchev–Trinajstić information content (AvgIpc) is 2.57. The smallest absolute Gasteiger partial charge is 0.266 e. The van der Waals surface area contributed by atoms with Crippen molar-refractivity contribution in [3.8, 4) is 0 Å². The Morgan fingerprint density at radius 3 is 2.69 bits per heavy atom. The third-order valence-electron chi connectivity index (χ3n) is 2.53. The van der Waals surface area contributed by atoms with E-state index in [0.29, 0.717) is 5.69 Å². The lowest BCUT2D eigenvalue weighted by atomic mass is 10.1. The Balaban J connectivity index is 2.22. The zero-order valence-electron chi connectivity index (χ0n) is 8.28. The fourth-order valence-electron chi connectivity index (χ4n) is 1.65. The Morgan fingerprint density at radius 1 is 1.44 bits per heavy atom. The molecule has 4 unspecified atom stereocenters. The van der Waals surface area contributed by atoms with Crippen molar-refractivity contribution in [2.75, 3.05) is 6.61 Å². The highest BCUT2D eigenvalue weighted by atomic mass is 16.6. The van der Waals surface area contributed by atoms with E-state index in [9.17, 15) is 15.0 Å². The number of nitrogens with zero attached hydrogens (tertiary/aromatic N) is 1. The Hall–Kier alpha value is -1.28. The Bertz CT molecular complexity index is 400. The molecule has 0 saturated carbocycles. The molecule has 7 heteroatoms. The van der Waals surface area contributed by atoms with Crippen LogP contribution in [0.4, 0.5) is 0 Å². The van der Waals surface area contributed by atoms with Crippen molar-refractivity contribution < 1.29 is 20.1 Å². The van der Waals surface area contributed by atoms with Crippen LogP contribution in [0.2, 0.25) is 0 Å². The van der Waals surface area contributed by atoms with Crippen LogP contribution < -0.4 is 5.56 Å². The minimum Gasteiger partial charge on any atom is -0.394 e. The molecule has 0 bridgehead atoms. The van der Waals surface area contributed by atoms with Crippen LogP contribution in [0.15, 0.2) is 17.2 Å². The van der Waals surface area contributed by atoms with E-state index < -0.39 is 31.0 Å². The summed E-state index contributed by atoms with van der Waals surface area (Å²) in [5.74, 6) is 0. The molecule has 4 N–H and O–H groups in total. The van der Waals surface area contributed by atoms with Crippen LogP contribution >= 0.6 is 0 Å². The van der Waals surface area contributed by atoms with Gasteiger partial charge in [-0.15, -0.1) is 0 Å². The third kappa shape index (κ3) is 1.85. The van der Waals surface area contributed by atoms with Crippen LogP contribution in [-0.2, 0) is 4.74 Å². The van der Waals surface area contributed by atoms with E-state index in [1.54, 1.807) is 0 Å². The first kappa shape index (κ1) is 11.2. The number of rotatable bonds is 2. The number of aliphatic hydroxyl groups excluding tert-OH is 3. The second-order valence-corrected chi connectivity index (χ2v) is 3.59.